The molecule has 1 saturated carbocycles. The number of hydrogen-bond donors (Lipinski definition) is 2. The van der Waals surface area contributed by atoms with Gasteiger partial charge in [-0.3, -0.25) is 19.3 Å². The minimum Gasteiger partial charge on any atom is -0.352 e. The maximum atomic E-state index is 13.3. The molecule has 3 amide bonds. The zero-order valence-corrected chi connectivity index (χ0v) is 24.1. The van der Waals surface area contributed by atoms with Gasteiger partial charge in [0.2, 0.25) is 11.8 Å². The van der Waals surface area contributed by atoms with Gasteiger partial charge in [0, 0.05) is 54.9 Å². The Bertz CT molecular complexity index is 1230. The quantitative estimate of drug-likeness (QED) is 0.484. The highest BCUT2D eigenvalue weighted by Crippen LogP contribution is 2.29. The normalized spacial score (nSPS) is 20.0. The summed E-state index contributed by atoms with van der Waals surface area (Å²) in [5.41, 5.74) is 3.44. The summed E-state index contributed by atoms with van der Waals surface area (Å²) in [6.45, 7) is 7.07. The van der Waals surface area contributed by atoms with Crippen LogP contribution in [-0.4, -0.2) is 64.2 Å². The lowest BCUT2D eigenvalue weighted by Gasteiger charge is -2.39. The molecule has 5 rings (SSSR count). The molecule has 1 aromatic carbocycles. The minimum absolute atomic E-state index is 0. The first kappa shape index (κ1) is 29.3. The Kier molecular flexibility index (Phi) is 9.51. The molecule has 1 aliphatic carbocycles. The Morgan fingerprint density at radius 3 is 2.49 bits per heavy atom. The van der Waals surface area contributed by atoms with Gasteiger partial charge in [-0.1, -0.05) is 23.7 Å². The number of anilines is 1. The van der Waals surface area contributed by atoms with E-state index < -0.39 is 6.04 Å². The predicted molar refractivity (Wildman–Crippen MR) is 154 cm³/mol. The van der Waals surface area contributed by atoms with Crippen LogP contribution in [0.1, 0.15) is 65.7 Å². The number of aryl methyl sites for hydroxylation is 2. The average Bonchev–Trinajstić information content (AvgIpc) is 3.64. The Labute approximate surface area is 241 Å². The van der Waals surface area contributed by atoms with Crippen molar-refractivity contribution in [1.82, 2.24) is 20.1 Å². The first-order valence-corrected chi connectivity index (χ1v) is 14.0. The van der Waals surface area contributed by atoms with Gasteiger partial charge in [-0.2, -0.15) is 0 Å². The van der Waals surface area contributed by atoms with E-state index in [0.717, 1.165) is 55.9 Å². The molecule has 3 fully saturated rings. The van der Waals surface area contributed by atoms with Crippen molar-refractivity contribution in [2.45, 2.75) is 71.0 Å². The largest absolute Gasteiger partial charge is 0.352 e. The third kappa shape index (κ3) is 7.29. The van der Waals surface area contributed by atoms with E-state index in [1.807, 2.05) is 13.0 Å². The van der Waals surface area contributed by atoms with Crippen LogP contribution in [0.25, 0.3) is 0 Å². The van der Waals surface area contributed by atoms with Crippen LogP contribution in [-0.2, 0) is 16.1 Å². The second kappa shape index (κ2) is 12.7. The van der Waals surface area contributed by atoms with E-state index in [1.165, 1.54) is 5.56 Å². The molecular weight excluding hydrogens is 537 g/mol. The summed E-state index contributed by atoms with van der Waals surface area (Å²) in [5.74, 6) is 0.571. The molecule has 0 bridgehead atoms. The van der Waals surface area contributed by atoms with Crippen LogP contribution in [0, 0.1) is 19.8 Å². The second-order valence-electron chi connectivity index (χ2n) is 11.0. The van der Waals surface area contributed by atoms with E-state index in [2.05, 4.69) is 32.7 Å². The third-order valence-corrected chi connectivity index (χ3v) is 8.28. The van der Waals surface area contributed by atoms with Crippen LogP contribution < -0.4 is 10.6 Å². The monoisotopic (exact) mass is 573 g/mol. The van der Waals surface area contributed by atoms with Crippen LogP contribution in [0.2, 0.25) is 5.02 Å². The third-order valence-electron chi connectivity index (χ3n) is 7.85. The van der Waals surface area contributed by atoms with Crippen molar-refractivity contribution >= 4 is 47.5 Å². The van der Waals surface area contributed by atoms with E-state index in [4.69, 9.17) is 11.6 Å². The molecule has 2 aliphatic heterocycles. The molecule has 3 heterocycles. The second-order valence-corrected chi connectivity index (χ2v) is 11.4. The van der Waals surface area contributed by atoms with Crippen molar-refractivity contribution in [2.75, 3.05) is 25.0 Å². The number of hydrogen-bond acceptors (Lipinski definition) is 5. The van der Waals surface area contributed by atoms with Gasteiger partial charge in [-0.15, -0.1) is 12.4 Å². The van der Waals surface area contributed by atoms with Gasteiger partial charge in [-0.05, 0) is 81.2 Å². The highest BCUT2D eigenvalue weighted by molar-refractivity contribution is 6.31. The zero-order valence-electron chi connectivity index (χ0n) is 22.5. The molecule has 3 aliphatic rings. The van der Waals surface area contributed by atoms with Crippen molar-refractivity contribution in [3.8, 4) is 0 Å². The summed E-state index contributed by atoms with van der Waals surface area (Å²) in [7, 11) is 0. The number of benzene rings is 1. The highest BCUT2D eigenvalue weighted by Gasteiger charge is 2.41. The van der Waals surface area contributed by atoms with Crippen molar-refractivity contribution in [3.05, 3.63) is 57.7 Å². The summed E-state index contributed by atoms with van der Waals surface area (Å²) in [6, 6.07) is 8.99. The zero-order chi connectivity index (χ0) is 26.8. The molecule has 0 radical (unpaired) electrons. The maximum Gasteiger partial charge on any atom is 0.251 e. The van der Waals surface area contributed by atoms with Gasteiger partial charge in [0.25, 0.3) is 5.91 Å². The molecule has 39 heavy (non-hydrogen) atoms. The van der Waals surface area contributed by atoms with Crippen LogP contribution in [0.5, 0.6) is 0 Å². The van der Waals surface area contributed by atoms with Gasteiger partial charge in [-0.25, -0.2) is 4.98 Å². The lowest BCUT2D eigenvalue weighted by molar-refractivity contribution is -0.136. The fraction of sp³-hybridized carbons (Fsp3) is 0.517. The molecular formula is C29H37Cl2N5O3. The smallest absolute Gasteiger partial charge is 0.251 e. The van der Waals surface area contributed by atoms with Gasteiger partial charge in [0.15, 0.2) is 0 Å². The topological polar surface area (TPSA) is 94.6 Å². The molecule has 0 unspecified atom stereocenters. The SMILES string of the molecule is Cc1cc(C(=O)NCC2CC2)cc(NC(=O)[C@H]2CCC(=O)N2C2CCN(Cc3ccc(Cl)c(C)c3)CC2)n1.Cl. The molecule has 1 atom stereocenters. The number of pyridine rings is 1. The predicted octanol–water partition coefficient (Wildman–Crippen LogP) is 4.51. The number of nitrogens with one attached hydrogen (secondary N) is 2. The lowest BCUT2D eigenvalue weighted by atomic mass is 10.0. The van der Waals surface area contributed by atoms with E-state index in [-0.39, 0.29) is 36.2 Å². The number of amides is 3. The van der Waals surface area contributed by atoms with Crippen LogP contribution in [0.3, 0.4) is 0 Å². The number of carbonyl (C=O) groups is 3. The molecule has 1 aromatic heterocycles. The Hall–Kier alpha value is -2.68. The minimum atomic E-state index is -0.521. The summed E-state index contributed by atoms with van der Waals surface area (Å²) in [5, 5.41) is 6.63. The van der Waals surface area contributed by atoms with Crippen LogP contribution in [0.4, 0.5) is 5.82 Å². The van der Waals surface area contributed by atoms with E-state index in [0.29, 0.717) is 42.4 Å². The van der Waals surface area contributed by atoms with Crippen molar-refractivity contribution in [3.63, 3.8) is 0 Å². The number of carbonyl (C=O) groups excluding carboxylic acids is 3. The fourth-order valence-corrected chi connectivity index (χ4v) is 5.69. The molecule has 2 saturated heterocycles. The number of rotatable bonds is 8. The summed E-state index contributed by atoms with van der Waals surface area (Å²) in [4.78, 5) is 47.4. The van der Waals surface area contributed by atoms with E-state index >= 15 is 0 Å². The standard InChI is InChI=1S/C29H36ClN5O3.ClH/c1-18-13-21(5-6-24(18)30)17-34-11-9-23(10-12-34)35-25(7-8-27(35)36)29(38)33-26-15-22(14-19(2)32-26)28(37)31-16-20-3-4-20;/h5-6,13-15,20,23,25H,3-4,7-12,16-17H2,1-2H3,(H,31,37)(H,32,33,38);1H/t25-;/m1./s1. The van der Waals surface area contributed by atoms with Crippen molar-refractivity contribution < 1.29 is 14.4 Å². The highest BCUT2D eigenvalue weighted by atomic mass is 35.5. The van der Waals surface area contributed by atoms with Gasteiger partial charge >= 0.3 is 0 Å². The molecule has 210 valence electrons. The number of piperidine rings is 1. The maximum absolute atomic E-state index is 13.3. The van der Waals surface area contributed by atoms with Crippen LogP contribution in [0.15, 0.2) is 30.3 Å². The van der Waals surface area contributed by atoms with Crippen molar-refractivity contribution in [2.24, 2.45) is 5.92 Å². The Balaban J connectivity index is 0.00000353. The number of aromatic nitrogens is 1. The summed E-state index contributed by atoms with van der Waals surface area (Å²) >= 11 is 6.17. The molecule has 10 heteroatoms. The van der Waals surface area contributed by atoms with Crippen molar-refractivity contribution in [1.29, 1.82) is 0 Å². The van der Waals surface area contributed by atoms with E-state index in [1.54, 1.807) is 24.0 Å². The van der Waals surface area contributed by atoms with Gasteiger partial charge in [0.05, 0.1) is 0 Å². The number of nitrogens with zero attached hydrogens (tertiary/aromatic N) is 3. The van der Waals surface area contributed by atoms with E-state index in [9.17, 15) is 14.4 Å². The molecule has 8 nitrogen and oxygen atoms in total. The Morgan fingerprint density at radius 1 is 1.05 bits per heavy atom. The lowest BCUT2D eigenvalue weighted by Crippen LogP contribution is -2.51. The first-order chi connectivity index (χ1) is 18.3. The Morgan fingerprint density at radius 2 is 1.79 bits per heavy atom. The van der Waals surface area contributed by atoms with Gasteiger partial charge < -0.3 is 15.5 Å². The summed E-state index contributed by atoms with van der Waals surface area (Å²) < 4.78 is 0. The van der Waals surface area contributed by atoms with Gasteiger partial charge in [0.1, 0.15) is 11.9 Å². The fourth-order valence-electron chi connectivity index (χ4n) is 5.57. The average molecular weight is 575 g/mol. The molecule has 2 aromatic rings. The molecule has 2 N–H and O–H groups in total. The summed E-state index contributed by atoms with van der Waals surface area (Å²) in [6.07, 6.45) is 4.85. The molecule has 0 spiro atoms. The van der Waals surface area contributed by atoms with Crippen LogP contribution >= 0.6 is 24.0 Å². The number of likely N-dealkylation sites (tertiary alicyclic amines) is 2. The number of halogens is 2. The first-order valence-electron chi connectivity index (χ1n) is 13.6.